The monoisotopic (exact) mass is 370 g/mol. The lowest BCUT2D eigenvalue weighted by molar-refractivity contribution is 0.0955. The third kappa shape index (κ3) is 4.24. The van der Waals surface area contributed by atoms with Crippen molar-refractivity contribution < 1.29 is 9.53 Å². The molecule has 0 aliphatic rings. The molecule has 0 fully saturated rings. The first-order valence-corrected chi connectivity index (χ1v) is 8.81. The van der Waals surface area contributed by atoms with Gasteiger partial charge in [0.1, 0.15) is 12.4 Å². The Balaban J connectivity index is 1.36. The molecule has 0 spiro atoms. The van der Waals surface area contributed by atoms with E-state index in [1.54, 1.807) is 30.7 Å². The number of nitrogens with one attached hydrogen (secondary N) is 2. The molecule has 4 rings (SSSR count). The molecule has 1 aromatic heterocycles. The van der Waals surface area contributed by atoms with E-state index in [9.17, 15) is 4.79 Å². The number of H-pyrrole nitrogens is 1. The number of hydrogen-bond donors (Lipinski definition) is 2. The smallest absolute Gasteiger partial charge is 0.271 e. The van der Waals surface area contributed by atoms with Gasteiger partial charge in [0.2, 0.25) is 0 Å². The lowest BCUT2D eigenvalue weighted by Crippen LogP contribution is -2.17. The molecule has 6 nitrogen and oxygen atoms in total. The highest BCUT2D eigenvalue weighted by atomic mass is 16.5. The fraction of sp³-hybridized carbons (Fsp3) is 0.0455. The summed E-state index contributed by atoms with van der Waals surface area (Å²) in [5.41, 5.74) is 6.59. The predicted octanol–water partition coefficient (Wildman–Crippen LogP) is 3.91. The molecular formula is C22H18N4O2. The molecule has 0 saturated carbocycles. The van der Waals surface area contributed by atoms with Crippen molar-refractivity contribution >= 4 is 23.2 Å². The first-order valence-electron chi connectivity index (χ1n) is 8.81. The van der Waals surface area contributed by atoms with Gasteiger partial charge in [-0.2, -0.15) is 5.10 Å². The van der Waals surface area contributed by atoms with Crippen LogP contribution >= 0.6 is 0 Å². The first-order chi connectivity index (χ1) is 13.8. The summed E-state index contributed by atoms with van der Waals surface area (Å²) < 4.78 is 5.80. The van der Waals surface area contributed by atoms with Gasteiger partial charge in [0.25, 0.3) is 5.91 Å². The SMILES string of the molecule is O=C(N/N=C/c1cccc(OCc2ccccc2)c1)c1ccc2nc[nH]c2c1. The summed E-state index contributed by atoms with van der Waals surface area (Å²) in [7, 11) is 0. The number of hydrogen-bond acceptors (Lipinski definition) is 4. The Hall–Kier alpha value is -3.93. The summed E-state index contributed by atoms with van der Waals surface area (Å²) >= 11 is 0. The normalized spacial score (nSPS) is 11.0. The number of hydrazone groups is 1. The van der Waals surface area contributed by atoms with Crippen LogP contribution in [0.15, 0.2) is 84.2 Å². The van der Waals surface area contributed by atoms with Gasteiger partial charge in [-0.3, -0.25) is 4.79 Å². The van der Waals surface area contributed by atoms with E-state index in [0.29, 0.717) is 12.2 Å². The first kappa shape index (κ1) is 17.5. The maximum absolute atomic E-state index is 12.2. The van der Waals surface area contributed by atoms with Gasteiger partial charge >= 0.3 is 0 Å². The number of rotatable bonds is 6. The molecule has 1 amide bonds. The number of nitrogens with zero attached hydrogens (tertiary/aromatic N) is 2. The third-order valence-electron chi connectivity index (χ3n) is 4.17. The minimum atomic E-state index is -0.288. The molecule has 4 aromatic rings. The van der Waals surface area contributed by atoms with E-state index in [1.165, 1.54) is 0 Å². The fourth-order valence-corrected chi connectivity index (χ4v) is 2.73. The van der Waals surface area contributed by atoms with Gasteiger partial charge in [-0.15, -0.1) is 0 Å². The molecule has 28 heavy (non-hydrogen) atoms. The van der Waals surface area contributed by atoms with Gasteiger partial charge in [-0.1, -0.05) is 42.5 Å². The number of aromatic amines is 1. The van der Waals surface area contributed by atoms with Crippen LogP contribution in [-0.4, -0.2) is 22.1 Å². The second-order valence-electron chi connectivity index (χ2n) is 6.18. The van der Waals surface area contributed by atoms with E-state index >= 15 is 0 Å². The number of aromatic nitrogens is 2. The van der Waals surface area contributed by atoms with E-state index in [0.717, 1.165) is 27.9 Å². The number of carbonyl (C=O) groups is 1. The molecule has 0 radical (unpaired) electrons. The second-order valence-corrected chi connectivity index (χ2v) is 6.18. The lowest BCUT2D eigenvalue weighted by atomic mass is 10.2. The molecule has 6 heteroatoms. The molecule has 0 aliphatic carbocycles. The van der Waals surface area contributed by atoms with Gasteiger partial charge in [-0.05, 0) is 41.5 Å². The van der Waals surface area contributed by atoms with Crippen molar-refractivity contribution in [2.45, 2.75) is 6.61 Å². The van der Waals surface area contributed by atoms with Crippen molar-refractivity contribution in [2.24, 2.45) is 5.10 Å². The molecule has 0 unspecified atom stereocenters. The Bertz CT molecular complexity index is 1120. The number of carbonyl (C=O) groups excluding carboxylic acids is 1. The van der Waals surface area contributed by atoms with Gasteiger partial charge in [0, 0.05) is 5.56 Å². The Kier molecular flexibility index (Phi) is 5.11. The van der Waals surface area contributed by atoms with Crippen LogP contribution in [0.3, 0.4) is 0 Å². The van der Waals surface area contributed by atoms with Gasteiger partial charge in [0.05, 0.1) is 23.6 Å². The second kappa shape index (κ2) is 8.18. The van der Waals surface area contributed by atoms with Crippen LogP contribution in [0, 0.1) is 0 Å². The van der Waals surface area contributed by atoms with E-state index in [-0.39, 0.29) is 5.91 Å². The molecule has 2 N–H and O–H groups in total. The molecule has 0 atom stereocenters. The lowest BCUT2D eigenvalue weighted by Gasteiger charge is -2.06. The highest BCUT2D eigenvalue weighted by Crippen LogP contribution is 2.14. The zero-order valence-electron chi connectivity index (χ0n) is 15.0. The fourth-order valence-electron chi connectivity index (χ4n) is 2.73. The summed E-state index contributed by atoms with van der Waals surface area (Å²) in [4.78, 5) is 19.4. The van der Waals surface area contributed by atoms with Crippen LogP contribution in [-0.2, 0) is 6.61 Å². The summed E-state index contributed by atoms with van der Waals surface area (Å²) in [6, 6.07) is 22.7. The predicted molar refractivity (Wildman–Crippen MR) is 108 cm³/mol. The van der Waals surface area contributed by atoms with Crippen molar-refractivity contribution in [2.75, 3.05) is 0 Å². The van der Waals surface area contributed by atoms with Crippen LogP contribution in [0.2, 0.25) is 0 Å². The third-order valence-corrected chi connectivity index (χ3v) is 4.17. The van der Waals surface area contributed by atoms with Crippen molar-refractivity contribution in [3.8, 4) is 5.75 Å². The van der Waals surface area contributed by atoms with Gasteiger partial charge in [-0.25, -0.2) is 10.4 Å². The summed E-state index contributed by atoms with van der Waals surface area (Å²) in [5, 5.41) is 4.04. The van der Waals surface area contributed by atoms with E-state index in [1.807, 2.05) is 54.6 Å². The highest BCUT2D eigenvalue weighted by molar-refractivity contribution is 5.97. The number of amides is 1. The minimum Gasteiger partial charge on any atom is -0.489 e. The van der Waals surface area contributed by atoms with Crippen molar-refractivity contribution in [1.82, 2.24) is 15.4 Å². The topological polar surface area (TPSA) is 79.4 Å². The van der Waals surface area contributed by atoms with E-state index < -0.39 is 0 Å². The van der Waals surface area contributed by atoms with Crippen LogP contribution in [0.25, 0.3) is 11.0 Å². The maximum atomic E-state index is 12.2. The van der Waals surface area contributed by atoms with Crippen molar-refractivity contribution in [3.05, 3.63) is 95.8 Å². The van der Waals surface area contributed by atoms with Crippen LogP contribution < -0.4 is 10.2 Å². The largest absolute Gasteiger partial charge is 0.489 e. The quantitative estimate of drug-likeness (QED) is 0.399. The number of benzene rings is 3. The Morgan fingerprint density at radius 2 is 1.96 bits per heavy atom. The molecule has 138 valence electrons. The van der Waals surface area contributed by atoms with Crippen molar-refractivity contribution in [3.63, 3.8) is 0 Å². The van der Waals surface area contributed by atoms with E-state index in [4.69, 9.17) is 4.74 Å². The van der Waals surface area contributed by atoms with Crippen LogP contribution in [0.5, 0.6) is 5.75 Å². The molecule has 3 aromatic carbocycles. The Labute approximate surface area is 161 Å². The summed E-state index contributed by atoms with van der Waals surface area (Å²) in [6.45, 7) is 0.494. The summed E-state index contributed by atoms with van der Waals surface area (Å²) in [5.74, 6) is 0.452. The highest BCUT2D eigenvalue weighted by Gasteiger charge is 2.06. The molecule has 0 bridgehead atoms. The van der Waals surface area contributed by atoms with Crippen molar-refractivity contribution in [1.29, 1.82) is 0 Å². The number of fused-ring (bicyclic) bond motifs is 1. The molecular weight excluding hydrogens is 352 g/mol. The average Bonchev–Trinajstić information content (AvgIpc) is 3.21. The van der Waals surface area contributed by atoms with Gasteiger partial charge < -0.3 is 9.72 Å². The van der Waals surface area contributed by atoms with E-state index in [2.05, 4.69) is 20.5 Å². The Morgan fingerprint density at radius 1 is 1.07 bits per heavy atom. The number of imidazole rings is 1. The Morgan fingerprint density at radius 3 is 2.86 bits per heavy atom. The van der Waals surface area contributed by atoms with Crippen LogP contribution in [0.1, 0.15) is 21.5 Å². The zero-order chi connectivity index (χ0) is 19.2. The zero-order valence-corrected chi connectivity index (χ0v) is 15.0. The standard InChI is InChI=1S/C22H18N4O2/c27-22(18-9-10-20-21(12-18)24-15-23-20)26-25-13-17-7-4-8-19(11-17)28-14-16-5-2-1-3-6-16/h1-13,15H,14H2,(H,23,24)(H,26,27)/b25-13+. The van der Waals surface area contributed by atoms with Gasteiger partial charge in [0.15, 0.2) is 0 Å². The average molecular weight is 370 g/mol. The minimum absolute atomic E-state index is 0.288. The number of ether oxygens (including phenoxy) is 1. The molecule has 0 saturated heterocycles. The molecule has 0 aliphatic heterocycles. The van der Waals surface area contributed by atoms with Crippen LogP contribution in [0.4, 0.5) is 0 Å². The maximum Gasteiger partial charge on any atom is 0.271 e. The summed E-state index contributed by atoms with van der Waals surface area (Å²) in [6.07, 6.45) is 3.18. The molecule has 1 heterocycles.